The molecule has 0 aromatic heterocycles. The van der Waals surface area contributed by atoms with Crippen LogP contribution in [0.3, 0.4) is 0 Å². The molecule has 1 saturated carbocycles. The molecule has 1 aliphatic carbocycles. The minimum atomic E-state index is 0.162. The topological polar surface area (TPSA) is 44.4 Å². The number of hydrogen-bond donors (Lipinski definition) is 2. The number of nitrogens with one attached hydrogen (secondary N) is 2. The molecule has 0 atom stereocenters. The van der Waals surface area contributed by atoms with E-state index in [0.29, 0.717) is 6.42 Å². The molecule has 0 spiro atoms. The van der Waals surface area contributed by atoms with Gasteiger partial charge in [0.15, 0.2) is 0 Å². The molecule has 0 unspecified atom stereocenters. The molecule has 18 heavy (non-hydrogen) atoms. The molecule has 1 fully saturated rings. The molecule has 4 nitrogen and oxygen atoms in total. The summed E-state index contributed by atoms with van der Waals surface area (Å²) in [5.74, 6) is 0.162. The van der Waals surface area contributed by atoms with Gasteiger partial charge in [0.25, 0.3) is 0 Å². The first-order valence-corrected chi connectivity index (χ1v) is 7.19. The molecular formula is C14H29N3O. The molecule has 1 aliphatic rings. The SMILES string of the molecule is CNCCC(=O)NCC1(N(C)C)CCCCCC1. The molecule has 0 radical (unpaired) electrons. The predicted molar refractivity (Wildman–Crippen MR) is 75.7 cm³/mol. The lowest BCUT2D eigenvalue weighted by Crippen LogP contribution is -2.52. The number of carbonyl (C=O) groups excluding carboxylic acids is 1. The van der Waals surface area contributed by atoms with Crippen molar-refractivity contribution in [2.75, 3.05) is 34.2 Å². The minimum Gasteiger partial charge on any atom is -0.354 e. The lowest BCUT2D eigenvalue weighted by molar-refractivity contribution is -0.121. The van der Waals surface area contributed by atoms with Gasteiger partial charge in [0.05, 0.1) is 0 Å². The van der Waals surface area contributed by atoms with E-state index in [4.69, 9.17) is 0 Å². The van der Waals surface area contributed by atoms with E-state index in [2.05, 4.69) is 29.6 Å². The Hall–Kier alpha value is -0.610. The van der Waals surface area contributed by atoms with Gasteiger partial charge in [0.2, 0.25) is 5.91 Å². The average molecular weight is 255 g/mol. The van der Waals surface area contributed by atoms with Crippen LogP contribution in [0.2, 0.25) is 0 Å². The first-order chi connectivity index (χ1) is 8.60. The summed E-state index contributed by atoms with van der Waals surface area (Å²) in [5, 5.41) is 6.12. The van der Waals surface area contributed by atoms with Crippen LogP contribution in [-0.2, 0) is 4.79 Å². The van der Waals surface area contributed by atoms with Gasteiger partial charge in [0, 0.05) is 25.0 Å². The van der Waals surface area contributed by atoms with Gasteiger partial charge < -0.3 is 15.5 Å². The van der Waals surface area contributed by atoms with Crippen molar-refractivity contribution in [3.8, 4) is 0 Å². The van der Waals surface area contributed by atoms with Crippen LogP contribution in [0, 0.1) is 0 Å². The highest BCUT2D eigenvalue weighted by Gasteiger charge is 2.33. The molecule has 4 heteroatoms. The lowest BCUT2D eigenvalue weighted by atomic mass is 9.88. The maximum absolute atomic E-state index is 11.7. The van der Waals surface area contributed by atoms with Crippen molar-refractivity contribution in [2.45, 2.75) is 50.5 Å². The quantitative estimate of drug-likeness (QED) is 0.705. The third-order valence-electron chi connectivity index (χ3n) is 4.20. The van der Waals surface area contributed by atoms with Gasteiger partial charge in [0.1, 0.15) is 0 Å². The molecule has 0 bridgehead atoms. The number of amides is 1. The smallest absolute Gasteiger partial charge is 0.221 e. The van der Waals surface area contributed by atoms with Crippen molar-refractivity contribution in [1.82, 2.24) is 15.5 Å². The monoisotopic (exact) mass is 255 g/mol. The number of likely N-dealkylation sites (N-methyl/N-ethyl adjacent to an activating group) is 1. The first-order valence-electron chi connectivity index (χ1n) is 7.19. The summed E-state index contributed by atoms with van der Waals surface area (Å²) in [6, 6.07) is 0. The Morgan fingerprint density at radius 1 is 1.17 bits per heavy atom. The lowest BCUT2D eigenvalue weighted by Gasteiger charge is -2.39. The van der Waals surface area contributed by atoms with Crippen LogP contribution in [0.25, 0.3) is 0 Å². The highest BCUT2D eigenvalue weighted by Crippen LogP contribution is 2.30. The summed E-state index contributed by atoms with van der Waals surface area (Å²) in [7, 11) is 6.16. The van der Waals surface area contributed by atoms with E-state index < -0.39 is 0 Å². The largest absolute Gasteiger partial charge is 0.354 e. The van der Waals surface area contributed by atoms with Crippen LogP contribution in [-0.4, -0.2) is 50.6 Å². The average Bonchev–Trinajstić information content (AvgIpc) is 2.60. The highest BCUT2D eigenvalue weighted by molar-refractivity contribution is 5.76. The van der Waals surface area contributed by atoms with Gasteiger partial charge in [-0.1, -0.05) is 25.7 Å². The van der Waals surface area contributed by atoms with E-state index in [-0.39, 0.29) is 11.4 Å². The zero-order chi connectivity index (χ0) is 13.4. The van der Waals surface area contributed by atoms with Gasteiger partial charge >= 0.3 is 0 Å². The van der Waals surface area contributed by atoms with E-state index in [0.717, 1.165) is 13.1 Å². The molecule has 0 heterocycles. The van der Waals surface area contributed by atoms with E-state index in [1.165, 1.54) is 38.5 Å². The van der Waals surface area contributed by atoms with Gasteiger partial charge in [-0.15, -0.1) is 0 Å². The van der Waals surface area contributed by atoms with Crippen LogP contribution in [0.1, 0.15) is 44.9 Å². The second-order valence-corrected chi connectivity index (χ2v) is 5.66. The maximum atomic E-state index is 11.7. The summed E-state index contributed by atoms with van der Waals surface area (Å²) in [5.41, 5.74) is 0.172. The zero-order valence-corrected chi connectivity index (χ0v) is 12.2. The van der Waals surface area contributed by atoms with Gasteiger partial charge in [-0.3, -0.25) is 4.79 Å². The predicted octanol–water partition coefficient (Wildman–Crippen LogP) is 1.37. The summed E-state index contributed by atoms with van der Waals surface area (Å²) >= 11 is 0. The van der Waals surface area contributed by atoms with Crippen molar-refractivity contribution in [3.05, 3.63) is 0 Å². The van der Waals surface area contributed by atoms with Crippen molar-refractivity contribution in [2.24, 2.45) is 0 Å². The molecule has 0 aromatic rings. The third kappa shape index (κ3) is 4.58. The molecule has 0 aliphatic heterocycles. The molecule has 0 saturated heterocycles. The standard InChI is InChI=1S/C14H29N3O/c1-15-11-8-13(18)16-12-14(17(2)3)9-6-4-5-7-10-14/h15H,4-12H2,1-3H3,(H,16,18). The zero-order valence-electron chi connectivity index (χ0n) is 12.2. The van der Waals surface area contributed by atoms with Gasteiger partial charge in [-0.05, 0) is 34.0 Å². The van der Waals surface area contributed by atoms with E-state index >= 15 is 0 Å². The summed E-state index contributed by atoms with van der Waals surface area (Å²) < 4.78 is 0. The van der Waals surface area contributed by atoms with Crippen LogP contribution < -0.4 is 10.6 Å². The fraction of sp³-hybridized carbons (Fsp3) is 0.929. The normalized spacial score (nSPS) is 19.6. The third-order valence-corrected chi connectivity index (χ3v) is 4.20. The summed E-state index contributed by atoms with van der Waals surface area (Å²) in [6.07, 6.45) is 8.21. The fourth-order valence-electron chi connectivity index (χ4n) is 2.76. The van der Waals surface area contributed by atoms with Crippen molar-refractivity contribution < 1.29 is 4.79 Å². The number of hydrogen-bond acceptors (Lipinski definition) is 3. The first kappa shape index (κ1) is 15.4. The summed E-state index contributed by atoms with van der Waals surface area (Å²) in [6.45, 7) is 1.54. The molecular weight excluding hydrogens is 226 g/mol. The molecule has 0 aromatic carbocycles. The maximum Gasteiger partial charge on any atom is 0.221 e. The van der Waals surface area contributed by atoms with Gasteiger partial charge in [-0.2, -0.15) is 0 Å². The Morgan fingerprint density at radius 2 is 1.78 bits per heavy atom. The van der Waals surface area contributed by atoms with E-state index in [9.17, 15) is 4.79 Å². The molecule has 1 amide bonds. The second-order valence-electron chi connectivity index (χ2n) is 5.66. The van der Waals surface area contributed by atoms with Crippen LogP contribution in [0.15, 0.2) is 0 Å². The highest BCUT2D eigenvalue weighted by atomic mass is 16.1. The molecule has 106 valence electrons. The second kappa shape index (κ2) is 7.74. The minimum absolute atomic E-state index is 0.162. The Labute approximate surface area is 111 Å². The fourth-order valence-corrected chi connectivity index (χ4v) is 2.76. The van der Waals surface area contributed by atoms with Crippen LogP contribution in [0.4, 0.5) is 0 Å². The summed E-state index contributed by atoms with van der Waals surface area (Å²) in [4.78, 5) is 14.0. The van der Waals surface area contributed by atoms with Gasteiger partial charge in [-0.25, -0.2) is 0 Å². The Morgan fingerprint density at radius 3 is 2.28 bits per heavy atom. The van der Waals surface area contributed by atoms with Crippen LogP contribution in [0.5, 0.6) is 0 Å². The van der Waals surface area contributed by atoms with Crippen molar-refractivity contribution in [3.63, 3.8) is 0 Å². The Kier molecular flexibility index (Phi) is 6.65. The Balaban J connectivity index is 2.48. The van der Waals surface area contributed by atoms with Crippen molar-refractivity contribution >= 4 is 5.91 Å². The van der Waals surface area contributed by atoms with Crippen LogP contribution >= 0.6 is 0 Å². The van der Waals surface area contributed by atoms with E-state index in [1.54, 1.807) is 0 Å². The Bertz CT molecular complexity index is 245. The number of rotatable bonds is 6. The number of nitrogens with zero attached hydrogens (tertiary/aromatic N) is 1. The molecule has 1 rings (SSSR count). The number of carbonyl (C=O) groups is 1. The van der Waals surface area contributed by atoms with Crippen molar-refractivity contribution in [1.29, 1.82) is 0 Å². The molecule has 2 N–H and O–H groups in total. The van der Waals surface area contributed by atoms with E-state index in [1.807, 2.05) is 7.05 Å².